The summed E-state index contributed by atoms with van der Waals surface area (Å²) in [5.74, 6) is 0.764. The summed E-state index contributed by atoms with van der Waals surface area (Å²) in [7, 11) is 1.86. The van der Waals surface area contributed by atoms with Crippen LogP contribution >= 0.6 is 11.3 Å². The van der Waals surface area contributed by atoms with Gasteiger partial charge in [-0.15, -0.1) is 11.3 Å². The van der Waals surface area contributed by atoms with Crippen LogP contribution in [0.15, 0.2) is 5.38 Å². The van der Waals surface area contributed by atoms with Gasteiger partial charge >= 0.3 is 0 Å². The van der Waals surface area contributed by atoms with E-state index in [1.165, 1.54) is 49.2 Å². The topological polar surface area (TPSA) is 22.1 Å². The second kappa shape index (κ2) is 4.69. The molecule has 0 radical (unpaired) electrons. The van der Waals surface area contributed by atoms with Crippen LogP contribution in [-0.2, 0) is 10.3 Å². The molecule has 2 aliphatic rings. The average Bonchev–Trinajstić information content (AvgIpc) is 3.14. The van der Waals surface area contributed by atoms with E-state index in [0.29, 0.717) is 0 Å². The lowest BCUT2D eigenvalue weighted by Gasteiger charge is -2.29. The lowest BCUT2D eigenvalue weighted by molar-refractivity contribution is -0.0280. The van der Waals surface area contributed by atoms with Crippen LogP contribution in [0.3, 0.4) is 0 Å². The van der Waals surface area contributed by atoms with Gasteiger partial charge in [0.25, 0.3) is 0 Å². The van der Waals surface area contributed by atoms with E-state index in [4.69, 9.17) is 9.72 Å². The van der Waals surface area contributed by atoms with Gasteiger partial charge in [-0.1, -0.05) is 25.7 Å². The maximum absolute atomic E-state index is 5.91. The van der Waals surface area contributed by atoms with Crippen molar-refractivity contribution in [2.75, 3.05) is 7.11 Å². The number of ether oxygens (including phenoxy) is 1. The van der Waals surface area contributed by atoms with Crippen molar-refractivity contribution in [3.05, 3.63) is 16.1 Å². The van der Waals surface area contributed by atoms with Crippen molar-refractivity contribution in [3.8, 4) is 0 Å². The zero-order valence-electron chi connectivity index (χ0n) is 10.6. The summed E-state index contributed by atoms with van der Waals surface area (Å²) < 4.78 is 5.91. The molecule has 2 saturated carbocycles. The van der Waals surface area contributed by atoms with Crippen LogP contribution in [0, 0.1) is 0 Å². The molecule has 3 rings (SSSR count). The van der Waals surface area contributed by atoms with Gasteiger partial charge in [0.15, 0.2) is 0 Å². The molecule has 1 aromatic heterocycles. The maximum atomic E-state index is 5.91. The molecular weight excluding hydrogens is 230 g/mol. The van der Waals surface area contributed by atoms with Gasteiger partial charge in [0.2, 0.25) is 0 Å². The third-order valence-electron chi connectivity index (χ3n) is 4.21. The zero-order valence-corrected chi connectivity index (χ0v) is 11.4. The molecule has 1 aromatic rings. The van der Waals surface area contributed by atoms with Crippen LogP contribution in [0.5, 0.6) is 0 Å². The molecule has 0 unspecified atom stereocenters. The van der Waals surface area contributed by atoms with E-state index >= 15 is 0 Å². The van der Waals surface area contributed by atoms with Crippen LogP contribution < -0.4 is 0 Å². The summed E-state index contributed by atoms with van der Waals surface area (Å²) in [6.07, 6.45) is 10.3. The van der Waals surface area contributed by atoms with Crippen LogP contribution in [0.4, 0.5) is 0 Å². The fourth-order valence-corrected chi connectivity index (χ4v) is 4.00. The predicted molar refractivity (Wildman–Crippen MR) is 70.5 cm³/mol. The van der Waals surface area contributed by atoms with E-state index in [1.807, 2.05) is 18.4 Å². The Morgan fingerprint density at radius 2 is 1.94 bits per heavy atom. The Morgan fingerprint density at radius 1 is 1.24 bits per heavy atom. The highest BCUT2D eigenvalue weighted by atomic mass is 32.1. The summed E-state index contributed by atoms with van der Waals surface area (Å²) in [6.45, 7) is 0. The molecule has 0 saturated heterocycles. The number of nitrogens with zero attached hydrogens (tertiary/aromatic N) is 1. The number of rotatable bonds is 3. The molecule has 0 aliphatic heterocycles. The number of methoxy groups -OCH3 is 1. The molecule has 0 atom stereocenters. The number of hydrogen-bond acceptors (Lipinski definition) is 3. The van der Waals surface area contributed by atoms with Gasteiger partial charge < -0.3 is 4.74 Å². The summed E-state index contributed by atoms with van der Waals surface area (Å²) in [5.41, 5.74) is 1.26. The Bertz CT molecular complexity index is 375. The number of aromatic nitrogens is 1. The monoisotopic (exact) mass is 251 g/mol. The van der Waals surface area contributed by atoms with Gasteiger partial charge in [-0.25, -0.2) is 4.98 Å². The zero-order chi connectivity index (χ0) is 11.7. The molecule has 1 heterocycles. The van der Waals surface area contributed by atoms with E-state index in [1.54, 1.807) is 0 Å². The van der Waals surface area contributed by atoms with Crippen molar-refractivity contribution >= 4 is 11.3 Å². The van der Waals surface area contributed by atoms with E-state index in [0.717, 1.165) is 18.8 Å². The highest BCUT2D eigenvalue weighted by Gasteiger charge is 2.37. The molecule has 2 nitrogen and oxygen atoms in total. The molecule has 0 N–H and O–H groups in total. The quantitative estimate of drug-likeness (QED) is 0.750. The highest BCUT2D eigenvalue weighted by Crippen LogP contribution is 2.44. The van der Waals surface area contributed by atoms with E-state index in [-0.39, 0.29) is 5.60 Å². The van der Waals surface area contributed by atoms with Gasteiger partial charge in [0.05, 0.1) is 5.69 Å². The van der Waals surface area contributed by atoms with Crippen LogP contribution in [0.1, 0.15) is 68.0 Å². The average molecular weight is 251 g/mol. The smallest absolute Gasteiger partial charge is 0.125 e. The van der Waals surface area contributed by atoms with E-state index in [9.17, 15) is 0 Å². The van der Waals surface area contributed by atoms with E-state index < -0.39 is 0 Å². The first-order valence-electron chi connectivity index (χ1n) is 6.85. The Balaban J connectivity index is 1.85. The first-order valence-corrected chi connectivity index (χ1v) is 7.73. The molecule has 0 spiro atoms. The first kappa shape index (κ1) is 11.7. The fourth-order valence-electron chi connectivity index (χ4n) is 2.87. The SMILES string of the molecule is COC1(c2nc(C3CC3)cs2)CCCCCC1. The lowest BCUT2D eigenvalue weighted by Crippen LogP contribution is -2.27. The molecule has 2 aliphatic carbocycles. The number of hydrogen-bond donors (Lipinski definition) is 0. The van der Waals surface area contributed by atoms with Gasteiger partial charge in [-0.3, -0.25) is 0 Å². The minimum absolute atomic E-state index is 0.0612. The summed E-state index contributed by atoms with van der Waals surface area (Å²) in [6, 6.07) is 0. The third-order valence-corrected chi connectivity index (χ3v) is 5.26. The molecule has 2 fully saturated rings. The summed E-state index contributed by atoms with van der Waals surface area (Å²) in [5, 5.41) is 3.50. The number of thiazole rings is 1. The standard InChI is InChI=1S/C14H21NOS/c1-16-14(8-4-2-3-5-9-14)13-15-12(10-17-13)11-6-7-11/h10-11H,2-9H2,1H3. The van der Waals surface area contributed by atoms with Crippen LogP contribution in [0.25, 0.3) is 0 Å². The van der Waals surface area contributed by atoms with Gasteiger partial charge in [0.1, 0.15) is 10.6 Å². The Kier molecular flexibility index (Phi) is 3.22. The maximum Gasteiger partial charge on any atom is 0.125 e. The minimum Gasteiger partial charge on any atom is -0.371 e. The van der Waals surface area contributed by atoms with Crippen molar-refractivity contribution < 1.29 is 4.74 Å². The van der Waals surface area contributed by atoms with E-state index in [2.05, 4.69) is 5.38 Å². The van der Waals surface area contributed by atoms with Crippen LogP contribution in [0.2, 0.25) is 0 Å². The Hall–Kier alpha value is -0.410. The Morgan fingerprint density at radius 3 is 2.53 bits per heavy atom. The van der Waals surface area contributed by atoms with Crippen molar-refractivity contribution in [1.82, 2.24) is 4.98 Å². The van der Waals surface area contributed by atoms with Crippen molar-refractivity contribution in [3.63, 3.8) is 0 Å². The molecule has 94 valence electrons. The molecule has 0 bridgehead atoms. The highest BCUT2D eigenvalue weighted by molar-refractivity contribution is 7.09. The summed E-state index contributed by atoms with van der Waals surface area (Å²) >= 11 is 1.82. The minimum atomic E-state index is -0.0612. The van der Waals surface area contributed by atoms with Crippen molar-refractivity contribution in [2.45, 2.75) is 62.9 Å². The summed E-state index contributed by atoms with van der Waals surface area (Å²) in [4.78, 5) is 4.87. The second-order valence-electron chi connectivity index (χ2n) is 5.46. The van der Waals surface area contributed by atoms with Gasteiger partial charge in [0, 0.05) is 18.4 Å². The largest absolute Gasteiger partial charge is 0.371 e. The first-order chi connectivity index (χ1) is 8.34. The third kappa shape index (κ3) is 2.27. The molecule has 17 heavy (non-hydrogen) atoms. The molecule has 0 amide bonds. The van der Waals surface area contributed by atoms with Gasteiger partial charge in [-0.05, 0) is 25.7 Å². The van der Waals surface area contributed by atoms with Crippen molar-refractivity contribution in [2.24, 2.45) is 0 Å². The molecule has 0 aromatic carbocycles. The predicted octanol–water partition coefficient (Wildman–Crippen LogP) is 4.22. The fraction of sp³-hybridized carbons (Fsp3) is 0.786. The van der Waals surface area contributed by atoms with Crippen LogP contribution in [-0.4, -0.2) is 12.1 Å². The Labute approximate surface area is 107 Å². The molecular formula is C14H21NOS. The van der Waals surface area contributed by atoms with Gasteiger partial charge in [-0.2, -0.15) is 0 Å². The lowest BCUT2D eigenvalue weighted by atomic mass is 9.95. The normalized spacial score (nSPS) is 24.5. The molecule has 3 heteroatoms. The second-order valence-corrected chi connectivity index (χ2v) is 6.32. The van der Waals surface area contributed by atoms with Crippen molar-refractivity contribution in [1.29, 1.82) is 0 Å².